The summed E-state index contributed by atoms with van der Waals surface area (Å²) in [6.45, 7) is 5.55. The van der Waals surface area contributed by atoms with Crippen LogP contribution in [0.15, 0.2) is 30.3 Å². The molecule has 1 fully saturated rings. The number of benzene rings is 1. The standard InChI is InChI=1S/C16H25BO2/c1-3-18-17(19-4-2)16-13-9-8-12-15(16)14-10-6-5-7-11-14/h5-7,10-11,15-16H,3-4,8-9,12-13H2,1-2H3/t15-,16+/m0/s1. The van der Waals surface area contributed by atoms with Crippen LogP contribution in [0.1, 0.15) is 51.0 Å². The van der Waals surface area contributed by atoms with Gasteiger partial charge in [-0.1, -0.05) is 49.6 Å². The van der Waals surface area contributed by atoms with Crippen LogP contribution in [0.5, 0.6) is 0 Å². The van der Waals surface area contributed by atoms with Crippen LogP contribution in [-0.4, -0.2) is 20.3 Å². The highest BCUT2D eigenvalue weighted by atomic mass is 16.6. The highest BCUT2D eigenvalue weighted by Gasteiger charge is 2.38. The van der Waals surface area contributed by atoms with Gasteiger partial charge in [0.05, 0.1) is 0 Å². The Morgan fingerprint density at radius 1 is 1.00 bits per heavy atom. The molecule has 0 spiro atoms. The molecule has 0 radical (unpaired) electrons. The van der Waals surface area contributed by atoms with Gasteiger partial charge in [0.25, 0.3) is 0 Å². The van der Waals surface area contributed by atoms with Gasteiger partial charge in [-0.15, -0.1) is 0 Å². The van der Waals surface area contributed by atoms with Gasteiger partial charge >= 0.3 is 7.12 Å². The Labute approximate surface area is 117 Å². The van der Waals surface area contributed by atoms with Gasteiger partial charge in [-0.05, 0) is 31.7 Å². The van der Waals surface area contributed by atoms with E-state index in [-0.39, 0.29) is 7.12 Å². The molecule has 0 unspecified atom stereocenters. The summed E-state index contributed by atoms with van der Waals surface area (Å²) >= 11 is 0. The van der Waals surface area contributed by atoms with Gasteiger partial charge in [-0.3, -0.25) is 0 Å². The molecule has 0 aromatic heterocycles. The Kier molecular flexibility index (Phi) is 5.93. The van der Waals surface area contributed by atoms with Crippen molar-refractivity contribution in [1.29, 1.82) is 0 Å². The molecule has 0 aliphatic heterocycles. The number of rotatable bonds is 6. The fraction of sp³-hybridized carbons (Fsp3) is 0.625. The predicted octanol–water partition coefficient (Wildman–Crippen LogP) is 4.28. The molecule has 1 aliphatic carbocycles. The van der Waals surface area contributed by atoms with Gasteiger partial charge in [-0.2, -0.15) is 0 Å². The van der Waals surface area contributed by atoms with Crippen LogP contribution in [0.2, 0.25) is 5.82 Å². The number of hydrogen-bond donors (Lipinski definition) is 0. The Balaban J connectivity index is 2.14. The van der Waals surface area contributed by atoms with Crippen molar-refractivity contribution in [2.45, 2.75) is 51.3 Å². The van der Waals surface area contributed by atoms with Gasteiger partial charge < -0.3 is 9.31 Å². The molecule has 2 rings (SSSR count). The molecule has 1 aliphatic rings. The highest BCUT2D eigenvalue weighted by molar-refractivity contribution is 6.46. The topological polar surface area (TPSA) is 18.5 Å². The normalized spacial score (nSPS) is 23.3. The maximum Gasteiger partial charge on any atom is 0.460 e. The smallest absolute Gasteiger partial charge is 0.411 e. The van der Waals surface area contributed by atoms with E-state index in [0.29, 0.717) is 11.7 Å². The largest absolute Gasteiger partial charge is 0.460 e. The van der Waals surface area contributed by atoms with E-state index in [0.717, 1.165) is 13.2 Å². The molecule has 0 heterocycles. The van der Waals surface area contributed by atoms with Crippen LogP contribution >= 0.6 is 0 Å². The molecule has 0 amide bonds. The lowest BCUT2D eigenvalue weighted by molar-refractivity contribution is 0.191. The summed E-state index contributed by atoms with van der Waals surface area (Å²) in [5.74, 6) is 1.08. The Morgan fingerprint density at radius 2 is 1.63 bits per heavy atom. The Bertz CT molecular complexity index is 349. The molecular formula is C16H25BO2. The molecule has 0 saturated heterocycles. The van der Waals surface area contributed by atoms with E-state index in [1.807, 2.05) is 13.8 Å². The van der Waals surface area contributed by atoms with Crippen LogP contribution in [0.3, 0.4) is 0 Å². The van der Waals surface area contributed by atoms with Crippen LogP contribution < -0.4 is 0 Å². The summed E-state index contributed by atoms with van der Waals surface area (Å²) < 4.78 is 11.7. The van der Waals surface area contributed by atoms with Crippen LogP contribution in [0, 0.1) is 0 Å². The van der Waals surface area contributed by atoms with E-state index in [9.17, 15) is 0 Å². The molecule has 0 bridgehead atoms. The summed E-state index contributed by atoms with van der Waals surface area (Å²) in [6.07, 6.45) is 5.08. The zero-order chi connectivity index (χ0) is 13.5. The fourth-order valence-corrected chi connectivity index (χ4v) is 3.22. The first-order chi connectivity index (χ1) is 9.36. The van der Waals surface area contributed by atoms with Gasteiger partial charge in [-0.25, -0.2) is 0 Å². The second-order valence-corrected chi connectivity index (χ2v) is 5.24. The lowest BCUT2D eigenvalue weighted by Crippen LogP contribution is -2.34. The molecule has 2 atom stereocenters. The highest BCUT2D eigenvalue weighted by Crippen LogP contribution is 2.43. The van der Waals surface area contributed by atoms with E-state index < -0.39 is 0 Å². The lowest BCUT2D eigenvalue weighted by atomic mass is 9.57. The van der Waals surface area contributed by atoms with Crippen molar-refractivity contribution in [1.82, 2.24) is 0 Å². The lowest BCUT2D eigenvalue weighted by Gasteiger charge is -2.34. The van der Waals surface area contributed by atoms with Gasteiger partial charge in [0.15, 0.2) is 0 Å². The fourth-order valence-electron chi connectivity index (χ4n) is 3.22. The average Bonchev–Trinajstić information content (AvgIpc) is 2.48. The van der Waals surface area contributed by atoms with Gasteiger partial charge in [0, 0.05) is 19.0 Å². The quantitative estimate of drug-likeness (QED) is 0.711. The van der Waals surface area contributed by atoms with Crippen molar-refractivity contribution in [3.05, 3.63) is 35.9 Å². The Morgan fingerprint density at radius 3 is 2.26 bits per heavy atom. The first-order valence-corrected chi connectivity index (χ1v) is 7.65. The van der Waals surface area contributed by atoms with E-state index in [2.05, 4.69) is 30.3 Å². The summed E-state index contributed by atoms with van der Waals surface area (Å²) in [4.78, 5) is 0. The third-order valence-electron chi connectivity index (χ3n) is 4.06. The van der Waals surface area contributed by atoms with Crippen LogP contribution in [0.25, 0.3) is 0 Å². The maximum atomic E-state index is 5.85. The minimum absolute atomic E-state index is 0.0412. The third-order valence-corrected chi connectivity index (χ3v) is 4.06. The second-order valence-electron chi connectivity index (χ2n) is 5.24. The zero-order valence-corrected chi connectivity index (χ0v) is 12.2. The first kappa shape index (κ1) is 14.6. The SMILES string of the molecule is CCOB(OCC)[C@@H]1CCCC[C@H]1c1ccccc1. The molecule has 1 aromatic carbocycles. The van der Waals surface area contributed by atoms with Crippen LogP contribution in [-0.2, 0) is 9.31 Å². The van der Waals surface area contributed by atoms with E-state index >= 15 is 0 Å². The third kappa shape index (κ3) is 3.84. The molecule has 0 N–H and O–H groups in total. The summed E-state index contributed by atoms with van der Waals surface area (Å²) in [5.41, 5.74) is 1.44. The molecule has 3 heteroatoms. The summed E-state index contributed by atoms with van der Waals surface area (Å²) in [7, 11) is -0.0412. The van der Waals surface area contributed by atoms with Crippen molar-refractivity contribution in [3.63, 3.8) is 0 Å². The predicted molar refractivity (Wildman–Crippen MR) is 80.4 cm³/mol. The van der Waals surface area contributed by atoms with Gasteiger partial charge in [0.1, 0.15) is 0 Å². The van der Waals surface area contributed by atoms with E-state index in [1.54, 1.807) is 0 Å². The number of hydrogen-bond acceptors (Lipinski definition) is 2. The van der Waals surface area contributed by atoms with Crippen molar-refractivity contribution in [2.75, 3.05) is 13.2 Å². The molecule has 19 heavy (non-hydrogen) atoms. The molecule has 1 saturated carbocycles. The van der Waals surface area contributed by atoms with Crippen molar-refractivity contribution in [2.24, 2.45) is 0 Å². The summed E-state index contributed by atoms with van der Waals surface area (Å²) in [6, 6.07) is 10.9. The van der Waals surface area contributed by atoms with Crippen molar-refractivity contribution in [3.8, 4) is 0 Å². The average molecular weight is 260 g/mol. The second kappa shape index (κ2) is 7.71. The first-order valence-electron chi connectivity index (χ1n) is 7.65. The molecule has 2 nitrogen and oxygen atoms in total. The minimum atomic E-state index is -0.0412. The van der Waals surface area contributed by atoms with Crippen molar-refractivity contribution < 1.29 is 9.31 Å². The Hall–Kier alpha value is -0.795. The van der Waals surface area contributed by atoms with Gasteiger partial charge in [0.2, 0.25) is 0 Å². The van der Waals surface area contributed by atoms with Crippen molar-refractivity contribution >= 4 is 7.12 Å². The van der Waals surface area contributed by atoms with E-state index in [1.165, 1.54) is 31.2 Å². The minimum Gasteiger partial charge on any atom is -0.411 e. The molecule has 104 valence electrons. The van der Waals surface area contributed by atoms with E-state index in [4.69, 9.17) is 9.31 Å². The summed E-state index contributed by atoms with van der Waals surface area (Å²) in [5, 5.41) is 0. The zero-order valence-electron chi connectivity index (χ0n) is 12.2. The maximum absolute atomic E-state index is 5.85. The molecular weight excluding hydrogens is 235 g/mol. The molecule has 1 aromatic rings. The monoisotopic (exact) mass is 260 g/mol. The van der Waals surface area contributed by atoms with Crippen LogP contribution in [0.4, 0.5) is 0 Å².